The number of ether oxygens (including phenoxy) is 3. The molecule has 28 heavy (non-hydrogen) atoms. The highest BCUT2D eigenvalue weighted by atomic mass is 16.7. The molecule has 4 rings (SSSR count). The second-order valence-electron chi connectivity index (χ2n) is 6.92. The summed E-state index contributed by atoms with van der Waals surface area (Å²) in [6.45, 7) is 4.44. The molecule has 7 nitrogen and oxygen atoms in total. The Morgan fingerprint density at radius 2 is 1.86 bits per heavy atom. The lowest BCUT2D eigenvalue weighted by Gasteiger charge is -2.32. The van der Waals surface area contributed by atoms with Gasteiger partial charge in [-0.15, -0.1) is 0 Å². The second-order valence-corrected chi connectivity index (χ2v) is 6.92. The van der Waals surface area contributed by atoms with Crippen LogP contribution in [0.5, 0.6) is 17.2 Å². The zero-order valence-electron chi connectivity index (χ0n) is 15.5. The van der Waals surface area contributed by atoms with Crippen LogP contribution in [0.4, 0.5) is 0 Å². The number of carbonyl (C=O) groups excluding carboxylic acids is 1. The van der Waals surface area contributed by atoms with Crippen LogP contribution < -0.4 is 19.1 Å². The first-order valence-electron chi connectivity index (χ1n) is 9.34. The number of nitrogens with one attached hydrogen (secondary N) is 1. The first-order valence-corrected chi connectivity index (χ1v) is 9.34. The number of piperazine rings is 1. The average molecular weight is 380 g/mol. The lowest BCUT2D eigenvalue weighted by molar-refractivity contribution is -0.917. The quantitative estimate of drug-likeness (QED) is 0.822. The molecule has 0 spiro atoms. The van der Waals surface area contributed by atoms with E-state index in [4.69, 9.17) is 19.5 Å². The van der Waals surface area contributed by atoms with E-state index in [1.807, 2.05) is 17.0 Å². The Bertz CT molecular complexity index is 884. The summed E-state index contributed by atoms with van der Waals surface area (Å²) in [5.41, 5.74) is 1.78. The molecule has 2 heterocycles. The number of benzene rings is 2. The minimum atomic E-state index is -0.00788. The number of nitriles is 1. The van der Waals surface area contributed by atoms with E-state index in [9.17, 15) is 4.79 Å². The number of hydrogen-bond acceptors (Lipinski definition) is 5. The van der Waals surface area contributed by atoms with Crippen LogP contribution in [0.15, 0.2) is 42.5 Å². The SMILES string of the molecule is N#Cc1ccc(OCC(=O)N2CC[NH+](Cc3ccc4c(c3)OCO4)CC2)cc1. The van der Waals surface area contributed by atoms with Crippen molar-refractivity contribution in [2.24, 2.45) is 0 Å². The van der Waals surface area contributed by atoms with Gasteiger partial charge in [0.25, 0.3) is 5.91 Å². The van der Waals surface area contributed by atoms with Crippen molar-refractivity contribution in [1.29, 1.82) is 5.26 Å². The number of hydrogen-bond donors (Lipinski definition) is 1. The summed E-state index contributed by atoms with van der Waals surface area (Å²) >= 11 is 0. The van der Waals surface area contributed by atoms with Crippen molar-refractivity contribution in [3.63, 3.8) is 0 Å². The summed E-state index contributed by atoms with van der Waals surface area (Å²) in [4.78, 5) is 15.7. The number of amides is 1. The standard InChI is InChI=1S/C21H21N3O4/c22-12-16-1-4-18(5-2-16)26-14-21(25)24-9-7-23(8-10-24)13-17-3-6-19-20(11-17)28-15-27-19/h1-6,11H,7-10,13-15H2/p+1. The average Bonchev–Trinajstić information content (AvgIpc) is 3.21. The molecule has 0 atom stereocenters. The van der Waals surface area contributed by atoms with Gasteiger partial charge in [0.2, 0.25) is 6.79 Å². The largest absolute Gasteiger partial charge is 0.484 e. The zero-order chi connectivity index (χ0) is 19.3. The van der Waals surface area contributed by atoms with Crippen LogP contribution in [-0.2, 0) is 11.3 Å². The van der Waals surface area contributed by atoms with E-state index in [0.717, 1.165) is 44.2 Å². The summed E-state index contributed by atoms with van der Waals surface area (Å²) in [6, 6.07) is 14.9. The van der Waals surface area contributed by atoms with Crippen LogP contribution >= 0.6 is 0 Å². The smallest absolute Gasteiger partial charge is 0.260 e. The van der Waals surface area contributed by atoms with E-state index in [2.05, 4.69) is 12.1 Å². The lowest BCUT2D eigenvalue weighted by atomic mass is 10.1. The maximum atomic E-state index is 12.4. The molecule has 1 amide bonds. The monoisotopic (exact) mass is 380 g/mol. The molecule has 144 valence electrons. The van der Waals surface area contributed by atoms with E-state index < -0.39 is 0 Å². The van der Waals surface area contributed by atoms with E-state index in [1.165, 1.54) is 10.5 Å². The van der Waals surface area contributed by atoms with Crippen LogP contribution in [-0.4, -0.2) is 50.4 Å². The van der Waals surface area contributed by atoms with Crippen molar-refractivity contribution in [3.05, 3.63) is 53.6 Å². The van der Waals surface area contributed by atoms with Gasteiger partial charge in [-0.2, -0.15) is 5.26 Å². The van der Waals surface area contributed by atoms with E-state index in [0.29, 0.717) is 11.3 Å². The molecule has 2 aromatic carbocycles. The predicted octanol–water partition coefficient (Wildman–Crippen LogP) is 0.593. The fourth-order valence-corrected chi connectivity index (χ4v) is 3.45. The van der Waals surface area contributed by atoms with Crippen LogP contribution in [0.1, 0.15) is 11.1 Å². The Morgan fingerprint density at radius 1 is 1.11 bits per heavy atom. The fraction of sp³-hybridized carbons (Fsp3) is 0.333. The lowest BCUT2D eigenvalue weighted by Crippen LogP contribution is -3.13. The minimum Gasteiger partial charge on any atom is -0.484 e. The van der Waals surface area contributed by atoms with E-state index in [-0.39, 0.29) is 19.3 Å². The molecule has 0 bridgehead atoms. The zero-order valence-corrected chi connectivity index (χ0v) is 15.5. The van der Waals surface area contributed by atoms with Gasteiger partial charge in [-0.05, 0) is 42.5 Å². The van der Waals surface area contributed by atoms with Crippen molar-refractivity contribution in [2.75, 3.05) is 39.6 Å². The van der Waals surface area contributed by atoms with Gasteiger partial charge in [-0.3, -0.25) is 4.79 Å². The third-order valence-corrected chi connectivity index (χ3v) is 5.06. The van der Waals surface area contributed by atoms with E-state index in [1.54, 1.807) is 24.3 Å². The fourth-order valence-electron chi connectivity index (χ4n) is 3.45. The molecule has 7 heteroatoms. The molecule has 2 aliphatic heterocycles. The van der Waals surface area contributed by atoms with Crippen molar-refractivity contribution in [2.45, 2.75) is 6.54 Å². The van der Waals surface area contributed by atoms with Crippen LogP contribution in [0.3, 0.4) is 0 Å². The Kier molecular flexibility index (Phi) is 5.31. The maximum absolute atomic E-state index is 12.4. The van der Waals surface area contributed by atoms with Crippen LogP contribution in [0.2, 0.25) is 0 Å². The topological polar surface area (TPSA) is 76.2 Å². The number of fused-ring (bicyclic) bond motifs is 1. The highest BCUT2D eigenvalue weighted by molar-refractivity contribution is 5.77. The van der Waals surface area contributed by atoms with Gasteiger partial charge in [0, 0.05) is 5.56 Å². The molecule has 0 saturated carbocycles. The molecular weight excluding hydrogens is 358 g/mol. The third kappa shape index (κ3) is 4.18. The summed E-state index contributed by atoms with van der Waals surface area (Å²) < 4.78 is 16.3. The Morgan fingerprint density at radius 3 is 2.61 bits per heavy atom. The molecule has 1 fully saturated rings. The highest BCUT2D eigenvalue weighted by Crippen LogP contribution is 2.32. The van der Waals surface area contributed by atoms with Gasteiger partial charge in [-0.25, -0.2) is 0 Å². The van der Waals surface area contributed by atoms with Gasteiger partial charge >= 0.3 is 0 Å². The Balaban J connectivity index is 1.23. The normalized spacial score (nSPS) is 15.9. The molecule has 2 aromatic rings. The molecule has 1 N–H and O–H groups in total. The molecule has 0 radical (unpaired) electrons. The van der Waals surface area contributed by atoms with Gasteiger partial charge in [-0.1, -0.05) is 0 Å². The number of rotatable bonds is 5. The number of carbonyl (C=O) groups is 1. The number of quaternary nitrogens is 1. The van der Waals surface area contributed by atoms with Crippen molar-refractivity contribution < 1.29 is 23.9 Å². The molecule has 1 saturated heterocycles. The first-order chi connectivity index (χ1) is 13.7. The van der Waals surface area contributed by atoms with Crippen LogP contribution in [0, 0.1) is 11.3 Å². The second kappa shape index (κ2) is 8.19. The van der Waals surface area contributed by atoms with Gasteiger partial charge < -0.3 is 24.0 Å². The summed E-state index contributed by atoms with van der Waals surface area (Å²) in [5, 5.41) is 8.81. The summed E-state index contributed by atoms with van der Waals surface area (Å²) in [7, 11) is 0. The summed E-state index contributed by atoms with van der Waals surface area (Å²) in [6.07, 6.45) is 0. The van der Waals surface area contributed by atoms with Gasteiger partial charge in [0.05, 0.1) is 37.8 Å². The molecule has 0 unspecified atom stereocenters. The van der Waals surface area contributed by atoms with Crippen molar-refractivity contribution in [3.8, 4) is 23.3 Å². The first kappa shape index (κ1) is 18.1. The molecule has 0 aliphatic carbocycles. The summed E-state index contributed by atoms with van der Waals surface area (Å²) in [5.74, 6) is 2.20. The maximum Gasteiger partial charge on any atom is 0.260 e. The van der Waals surface area contributed by atoms with E-state index >= 15 is 0 Å². The minimum absolute atomic E-state index is 0.00788. The van der Waals surface area contributed by atoms with Crippen LogP contribution in [0.25, 0.3) is 0 Å². The molecule has 0 aromatic heterocycles. The Labute approximate surface area is 163 Å². The highest BCUT2D eigenvalue weighted by Gasteiger charge is 2.24. The van der Waals surface area contributed by atoms with Gasteiger partial charge in [0.15, 0.2) is 18.1 Å². The van der Waals surface area contributed by atoms with Gasteiger partial charge in [0.1, 0.15) is 12.3 Å². The molecule has 2 aliphatic rings. The number of nitrogens with zero attached hydrogens (tertiary/aromatic N) is 2. The predicted molar refractivity (Wildman–Crippen MR) is 100 cm³/mol. The Hall–Kier alpha value is -3.24. The third-order valence-electron chi connectivity index (χ3n) is 5.06. The van der Waals surface area contributed by atoms with Crippen molar-refractivity contribution in [1.82, 2.24) is 4.90 Å². The molecular formula is C21H22N3O4+. The van der Waals surface area contributed by atoms with Crippen molar-refractivity contribution >= 4 is 5.91 Å².